The van der Waals surface area contributed by atoms with E-state index in [1.54, 1.807) is 19.1 Å². The topological polar surface area (TPSA) is 89.3 Å². The van der Waals surface area contributed by atoms with Gasteiger partial charge in [-0.25, -0.2) is 13.6 Å². The van der Waals surface area contributed by atoms with Gasteiger partial charge in [-0.1, -0.05) is 18.2 Å². The second kappa shape index (κ2) is 6.38. The number of hydrogen-bond acceptors (Lipinski definition) is 4. The van der Waals surface area contributed by atoms with Crippen molar-refractivity contribution in [3.8, 4) is 0 Å². The predicted molar refractivity (Wildman–Crippen MR) is 82.4 cm³/mol. The Morgan fingerprint density at radius 3 is 2.71 bits per heavy atom. The van der Waals surface area contributed by atoms with Gasteiger partial charge < -0.3 is 5.32 Å². The number of hydrogen-bond donors (Lipinski definition) is 2. The number of sulfonamides is 1. The summed E-state index contributed by atoms with van der Waals surface area (Å²) in [5.74, 6) is -0.106. The summed E-state index contributed by atoms with van der Waals surface area (Å²) < 4.78 is 22.7. The summed E-state index contributed by atoms with van der Waals surface area (Å²) >= 11 is 1.52. The van der Waals surface area contributed by atoms with Crippen molar-refractivity contribution >= 4 is 27.3 Å². The smallest absolute Gasteiger partial charge is 0.238 e. The van der Waals surface area contributed by atoms with Gasteiger partial charge in [-0.3, -0.25) is 4.79 Å². The van der Waals surface area contributed by atoms with Gasteiger partial charge in [0.2, 0.25) is 15.9 Å². The van der Waals surface area contributed by atoms with Gasteiger partial charge in [0.25, 0.3) is 0 Å². The maximum Gasteiger partial charge on any atom is 0.238 e. The van der Waals surface area contributed by atoms with Crippen molar-refractivity contribution in [2.24, 2.45) is 5.14 Å². The largest absolute Gasteiger partial charge is 0.349 e. The van der Waals surface area contributed by atoms with Crippen molar-refractivity contribution in [2.75, 3.05) is 0 Å². The number of amides is 1. The molecule has 1 unspecified atom stereocenters. The summed E-state index contributed by atoms with van der Waals surface area (Å²) in [7, 11) is -3.74. The molecule has 1 heterocycles. The molecule has 0 aliphatic rings. The van der Waals surface area contributed by atoms with E-state index >= 15 is 0 Å². The van der Waals surface area contributed by atoms with Crippen molar-refractivity contribution in [1.29, 1.82) is 0 Å². The van der Waals surface area contributed by atoms with Crippen LogP contribution in [0.5, 0.6) is 0 Å². The van der Waals surface area contributed by atoms with Gasteiger partial charge in [-0.15, -0.1) is 11.3 Å². The van der Waals surface area contributed by atoms with Crippen LogP contribution in [0.15, 0.2) is 46.7 Å². The number of nitrogens with one attached hydrogen (secondary N) is 1. The highest BCUT2D eigenvalue weighted by atomic mass is 32.2. The predicted octanol–water partition coefficient (Wildman–Crippen LogP) is 1.82. The molecule has 0 aliphatic heterocycles. The summed E-state index contributed by atoms with van der Waals surface area (Å²) in [6.45, 7) is 1.80. The zero-order valence-electron chi connectivity index (χ0n) is 11.4. The van der Waals surface area contributed by atoms with Crippen LogP contribution >= 0.6 is 11.3 Å². The number of carbonyl (C=O) groups excluding carboxylic acids is 1. The van der Waals surface area contributed by atoms with Gasteiger partial charge in [0.05, 0.1) is 17.4 Å². The first-order valence-corrected chi connectivity index (χ1v) is 8.73. The molecule has 1 atom stereocenters. The fourth-order valence-electron chi connectivity index (χ4n) is 1.91. The zero-order chi connectivity index (χ0) is 15.5. The minimum absolute atomic E-state index is 0.0411. The average molecular weight is 324 g/mol. The Kier molecular flexibility index (Phi) is 4.76. The molecule has 1 aromatic carbocycles. The number of carbonyl (C=O) groups is 1. The molecule has 0 saturated heterocycles. The molecule has 0 saturated carbocycles. The van der Waals surface area contributed by atoms with Crippen LogP contribution < -0.4 is 10.5 Å². The highest BCUT2D eigenvalue weighted by Gasteiger charge is 2.14. The lowest BCUT2D eigenvalue weighted by atomic mass is 10.1. The first kappa shape index (κ1) is 15.7. The van der Waals surface area contributed by atoms with Crippen molar-refractivity contribution in [1.82, 2.24) is 5.32 Å². The minimum atomic E-state index is -3.74. The van der Waals surface area contributed by atoms with E-state index in [2.05, 4.69) is 5.32 Å². The third-order valence-corrected chi connectivity index (χ3v) is 4.77. The fourth-order valence-corrected chi connectivity index (χ4v) is 3.18. The van der Waals surface area contributed by atoms with Crippen LogP contribution in [0.2, 0.25) is 0 Å². The van der Waals surface area contributed by atoms with Gasteiger partial charge >= 0.3 is 0 Å². The first-order chi connectivity index (χ1) is 9.86. The molecule has 5 nitrogen and oxygen atoms in total. The minimum Gasteiger partial charge on any atom is -0.349 e. The average Bonchev–Trinajstić information content (AvgIpc) is 2.90. The van der Waals surface area contributed by atoms with Crippen molar-refractivity contribution in [2.45, 2.75) is 24.3 Å². The molecular formula is C14H16N2O3S2. The van der Waals surface area contributed by atoms with E-state index in [-0.39, 0.29) is 16.8 Å². The van der Waals surface area contributed by atoms with E-state index in [0.717, 1.165) is 4.88 Å². The number of benzene rings is 1. The lowest BCUT2D eigenvalue weighted by Gasteiger charge is -2.14. The number of primary sulfonamides is 1. The Balaban J connectivity index is 2.06. The zero-order valence-corrected chi connectivity index (χ0v) is 13.1. The summed E-state index contributed by atoms with van der Waals surface area (Å²) in [5, 5.41) is 9.87. The first-order valence-electron chi connectivity index (χ1n) is 6.31. The summed E-state index contributed by atoms with van der Waals surface area (Å²) in [5.41, 5.74) is 0.695. The highest BCUT2D eigenvalue weighted by Crippen LogP contribution is 2.17. The molecule has 7 heteroatoms. The van der Waals surface area contributed by atoms with E-state index in [9.17, 15) is 13.2 Å². The van der Waals surface area contributed by atoms with Gasteiger partial charge in [0, 0.05) is 4.88 Å². The number of thiophene rings is 1. The van der Waals surface area contributed by atoms with Crippen LogP contribution in [-0.4, -0.2) is 14.3 Å². The van der Waals surface area contributed by atoms with Crippen LogP contribution in [0.25, 0.3) is 0 Å². The third kappa shape index (κ3) is 4.38. The van der Waals surface area contributed by atoms with Gasteiger partial charge in [0.15, 0.2) is 0 Å². The maximum absolute atomic E-state index is 11.9. The van der Waals surface area contributed by atoms with Gasteiger partial charge in [-0.2, -0.15) is 0 Å². The van der Waals surface area contributed by atoms with E-state index in [1.165, 1.54) is 23.5 Å². The SMILES string of the molecule is CC(NC(=O)Cc1cccs1)c1cccc(S(N)(=O)=O)c1. The van der Waals surface area contributed by atoms with Crippen LogP contribution in [0.4, 0.5) is 0 Å². The maximum atomic E-state index is 11.9. The van der Waals surface area contributed by atoms with E-state index in [1.807, 2.05) is 17.5 Å². The molecule has 0 aliphatic carbocycles. The van der Waals surface area contributed by atoms with Crippen molar-refractivity contribution < 1.29 is 13.2 Å². The summed E-state index contributed by atoms with van der Waals surface area (Å²) in [4.78, 5) is 13.0. The Morgan fingerprint density at radius 2 is 2.10 bits per heavy atom. The standard InChI is InChI=1S/C14H16N2O3S2/c1-10(16-14(17)9-12-5-3-7-20-12)11-4-2-6-13(8-11)21(15,18)19/h2-8,10H,9H2,1H3,(H,16,17)(H2,15,18,19). The molecule has 1 amide bonds. The van der Waals surface area contributed by atoms with Crippen molar-refractivity contribution in [3.63, 3.8) is 0 Å². The van der Waals surface area contributed by atoms with E-state index in [4.69, 9.17) is 5.14 Å². The van der Waals surface area contributed by atoms with E-state index < -0.39 is 10.0 Å². The second-order valence-electron chi connectivity index (χ2n) is 4.66. The lowest BCUT2D eigenvalue weighted by molar-refractivity contribution is -0.121. The quantitative estimate of drug-likeness (QED) is 0.879. The van der Waals surface area contributed by atoms with Crippen LogP contribution in [-0.2, 0) is 21.2 Å². The Bertz CT molecular complexity index is 724. The monoisotopic (exact) mass is 324 g/mol. The molecule has 0 fully saturated rings. The van der Waals surface area contributed by atoms with Crippen molar-refractivity contribution in [3.05, 3.63) is 52.2 Å². The molecule has 112 valence electrons. The highest BCUT2D eigenvalue weighted by molar-refractivity contribution is 7.89. The summed E-state index contributed by atoms with van der Waals surface area (Å²) in [6, 6.07) is 9.77. The normalized spacial score (nSPS) is 12.9. The molecule has 2 aromatic rings. The van der Waals surface area contributed by atoms with Crippen LogP contribution in [0.1, 0.15) is 23.4 Å². The number of rotatable bonds is 5. The van der Waals surface area contributed by atoms with Gasteiger partial charge in [-0.05, 0) is 36.1 Å². The molecule has 3 N–H and O–H groups in total. The molecule has 0 bridgehead atoms. The molecule has 0 radical (unpaired) electrons. The van der Waals surface area contributed by atoms with Gasteiger partial charge in [0.1, 0.15) is 0 Å². The summed E-state index contributed by atoms with van der Waals surface area (Å²) in [6.07, 6.45) is 0.316. The van der Waals surface area contributed by atoms with Crippen LogP contribution in [0, 0.1) is 0 Å². The molecule has 0 spiro atoms. The lowest BCUT2D eigenvalue weighted by Crippen LogP contribution is -2.28. The Morgan fingerprint density at radius 1 is 1.33 bits per heavy atom. The van der Waals surface area contributed by atoms with Crippen LogP contribution in [0.3, 0.4) is 0 Å². The Hall–Kier alpha value is -1.70. The van der Waals surface area contributed by atoms with E-state index in [0.29, 0.717) is 12.0 Å². The number of nitrogens with two attached hydrogens (primary N) is 1. The molecular weight excluding hydrogens is 308 g/mol. The second-order valence-corrected chi connectivity index (χ2v) is 7.26. The fraction of sp³-hybridized carbons (Fsp3) is 0.214. The molecule has 2 rings (SSSR count). The third-order valence-electron chi connectivity index (χ3n) is 2.98. The Labute approximate surface area is 127 Å². The molecule has 1 aromatic heterocycles. The molecule has 21 heavy (non-hydrogen) atoms.